The van der Waals surface area contributed by atoms with Crippen LogP contribution in [0.15, 0.2) is 63.6 Å². The van der Waals surface area contributed by atoms with E-state index >= 15 is 0 Å². The summed E-state index contributed by atoms with van der Waals surface area (Å²) in [5.41, 5.74) is 2.36. The van der Waals surface area contributed by atoms with Gasteiger partial charge in [-0.3, -0.25) is 4.90 Å². The van der Waals surface area contributed by atoms with Gasteiger partial charge in [-0.05, 0) is 36.2 Å². The van der Waals surface area contributed by atoms with Gasteiger partial charge < -0.3 is 9.42 Å². The highest BCUT2D eigenvalue weighted by Crippen LogP contribution is 2.22. The van der Waals surface area contributed by atoms with Gasteiger partial charge in [0.25, 0.3) is 0 Å². The van der Waals surface area contributed by atoms with Gasteiger partial charge in [0.05, 0.1) is 0 Å². The summed E-state index contributed by atoms with van der Waals surface area (Å²) in [6.07, 6.45) is 1.09. The molecule has 1 aliphatic heterocycles. The highest BCUT2D eigenvalue weighted by atomic mass is 79.9. The second-order valence-electron chi connectivity index (χ2n) is 6.47. The zero-order chi connectivity index (χ0) is 17.8. The summed E-state index contributed by atoms with van der Waals surface area (Å²) in [5, 5.41) is 4.13. The van der Waals surface area contributed by atoms with E-state index in [2.05, 4.69) is 66.2 Å². The van der Waals surface area contributed by atoms with Gasteiger partial charge in [-0.2, -0.15) is 4.98 Å². The van der Waals surface area contributed by atoms with E-state index in [0.717, 1.165) is 49.2 Å². The molecule has 0 saturated carbocycles. The Labute approximate surface area is 161 Å². The smallest absolute Gasteiger partial charge is 0.322 e. The maximum atomic E-state index is 5.49. The van der Waals surface area contributed by atoms with Crippen LogP contribution < -0.4 is 4.90 Å². The predicted octanol–water partition coefficient (Wildman–Crippen LogP) is 3.86. The van der Waals surface area contributed by atoms with E-state index < -0.39 is 0 Å². The minimum Gasteiger partial charge on any atom is -0.322 e. The first kappa shape index (κ1) is 17.2. The topological polar surface area (TPSA) is 45.4 Å². The molecule has 2 aromatic carbocycles. The number of anilines is 1. The van der Waals surface area contributed by atoms with E-state index in [1.807, 2.05) is 24.3 Å². The molecule has 1 saturated heterocycles. The lowest BCUT2D eigenvalue weighted by Crippen LogP contribution is -2.47. The summed E-state index contributed by atoms with van der Waals surface area (Å²) < 4.78 is 6.53. The van der Waals surface area contributed by atoms with Gasteiger partial charge in [0.2, 0.25) is 5.82 Å². The molecular formula is C20H21BrN4O. The molecule has 134 valence electrons. The molecule has 0 unspecified atom stereocenters. The molecule has 0 radical (unpaired) electrons. The molecule has 26 heavy (non-hydrogen) atoms. The number of halogens is 1. The molecular weight excluding hydrogens is 392 g/mol. The summed E-state index contributed by atoms with van der Waals surface area (Å²) in [6, 6.07) is 19.2. The summed E-state index contributed by atoms with van der Waals surface area (Å²) in [5.74, 6) is 0.638. The number of hydrogen-bond acceptors (Lipinski definition) is 5. The lowest BCUT2D eigenvalue weighted by Gasteiger charge is -2.33. The third kappa shape index (κ3) is 4.14. The fraction of sp³-hybridized carbons (Fsp3) is 0.300. The summed E-state index contributed by atoms with van der Waals surface area (Å²) in [6.45, 7) is 4.95. The van der Waals surface area contributed by atoms with Gasteiger partial charge in [-0.1, -0.05) is 51.4 Å². The lowest BCUT2D eigenvalue weighted by atomic mass is 10.1. The minimum atomic E-state index is 0.616. The Morgan fingerprint density at radius 2 is 1.65 bits per heavy atom. The number of hydrogen-bond donors (Lipinski definition) is 0. The van der Waals surface area contributed by atoms with E-state index in [4.69, 9.17) is 4.52 Å². The van der Waals surface area contributed by atoms with Crippen LogP contribution in [-0.2, 0) is 6.42 Å². The molecule has 5 nitrogen and oxygen atoms in total. The zero-order valence-electron chi connectivity index (χ0n) is 14.5. The van der Waals surface area contributed by atoms with Gasteiger partial charge in [-0.25, -0.2) is 0 Å². The number of benzene rings is 2. The van der Waals surface area contributed by atoms with Crippen LogP contribution in [0.5, 0.6) is 0 Å². The quantitative estimate of drug-likeness (QED) is 0.636. The van der Waals surface area contributed by atoms with E-state index in [-0.39, 0.29) is 0 Å². The average Bonchev–Trinajstić information content (AvgIpc) is 3.18. The van der Waals surface area contributed by atoms with Crippen molar-refractivity contribution in [3.8, 4) is 11.4 Å². The Morgan fingerprint density at radius 3 is 2.38 bits per heavy atom. The highest BCUT2D eigenvalue weighted by molar-refractivity contribution is 9.10. The number of piperazine rings is 1. The van der Waals surface area contributed by atoms with Crippen LogP contribution in [0.2, 0.25) is 0 Å². The van der Waals surface area contributed by atoms with Crippen LogP contribution in [0.25, 0.3) is 11.4 Å². The Kier molecular flexibility index (Phi) is 5.32. The fourth-order valence-electron chi connectivity index (χ4n) is 3.15. The predicted molar refractivity (Wildman–Crippen MR) is 106 cm³/mol. The third-order valence-electron chi connectivity index (χ3n) is 4.72. The Hall–Kier alpha value is -2.18. The van der Waals surface area contributed by atoms with Crippen molar-refractivity contribution in [3.05, 3.63) is 64.6 Å². The van der Waals surface area contributed by atoms with Crippen molar-refractivity contribution in [3.63, 3.8) is 0 Å². The van der Waals surface area contributed by atoms with E-state index in [0.29, 0.717) is 11.8 Å². The normalized spacial score (nSPS) is 15.3. The van der Waals surface area contributed by atoms with Crippen molar-refractivity contribution >= 4 is 21.9 Å². The maximum absolute atomic E-state index is 5.49. The molecule has 1 fully saturated rings. The summed E-state index contributed by atoms with van der Waals surface area (Å²) >= 11 is 3.44. The Balaban J connectivity index is 1.31. The SMILES string of the molecule is Brc1ccc(-c2noc(N3CCN(CCc4ccccc4)CC3)n2)cc1. The van der Waals surface area contributed by atoms with Crippen molar-refractivity contribution in [1.29, 1.82) is 0 Å². The molecule has 6 heteroatoms. The molecule has 0 spiro atoms. The fourth-order valence-corrected chi connectivity index (χ4v) is 3.42. The first-order valence-corrected chi connectivity index (χ1v) is 9.68. The Bertz CT molecular complexity index is 827. The molecule has 4 rings (SSSR count). The van der Waals surface area contributed by atoms with Crippen molar-refractivity contribution in [2.75, 3.05) is 37.6 Å². The standard InChI is InChI=1S/C20H21BrN4O/c21-18-8-6-17(7-9-18)19-22-20(26-23-19)25-14-12-24(13-15-25)11-10-16-4-2-1-3-5-16/h1-9H,10-15H2. The second kappa shape index (κ2) is 8.01. The van der Waals surface area contributed by atoms with Gasteiger partial charge >= 0.3 is 6.01 Å². The lowest BCUT2D eigenvalue weighted by molar-refractivity contribution is 0.253. The summed E-state index contributed by atoms with van der Waals surface area (Å²) in [4.78, 5) is 9.24. The molecule has 0 atom stereocenters. The van der Waals surface area contributed by atoms with Crippen LogP contribution in [0.1, 0.15) is 5.56 Å². The first-order chi connectivity index (χ1) is 12.8. The molecule has 1 aliphatic rings. The van der Waals surface area contributed by atoms with E-state index in [9.17, 15) is 0 Å². The van der Waals surface area contributed by atoms with Gasteiger partial charge in [0.15, 0.2) is 0 Å². The monoisotopic (exact) mass is 412 g/mol. The molecule has 0 aliphatic carbocycles. The van der Waals surface area contributed by atoms with Gasteiger partial charge in [-0.15, -0.1) is 0 Å². The molecule has 0 bridgehead atoms. The van der Waals surface area contributed by atoms with Crippen LogP contribution in [0.3, 0.4) is 0 Å². The second-order valence-corrected chi connectivity index (χ2v) is 7.39. The molecule has 3 aromatic rings. The first-order valence-electron chi connectivity index (χ1n) is 8.89. The largest absolute Gasteiger partial charge is 0.324 e. The number of aromatic nitrogens is 2. The number of nitrogens with zero attached hydrogens (tertiary/aromatic N) is 4. The van der Waals surface area contributed by atoms with Crippen molar-refractivity contribution in [1.82, 2.24) is 15.0 Å². The van der Waals surface area contributed by atoms with Crippen LogP contribution in [0.4, 0.5) is 6.01 Å². The van der Waals surface area contributed by atoms with Crippen molar-refractivity contribution in [2.45, 2.75) is 6.42 Å². The van der Waals surface area contributed by atoms with Crippen LogP contribution in [-0.4, -0.2) is 47.8 Å². The zero-order valence-corrected chi connectivity index (χ0v) is 16.1. The van der Waals surface area contributed by atoms with Gasteiger partial charge in [0.1, 0.15) is 0 Å². The Morgan fingerprint density at radius 1 is 0.923 bits per heavy atom. The summed E-state index contributed by atoms with van der Waals surface area (Å²) in [7, 11) is 0. The van der Waals surface area contributed by atoms with Crippen LogP contribution in [0, 0.1) is 0 Å². The highest BCUT2D eigenvalue weighted by Gasteiger charge is 2.21. The molecule has 0 N–H and O–H groups in total. The molecule has 1 aromatic heterocycles. The van der Waals surface area contributed by atoms with Gasteiger partial charge in [0, 0.05) is 42.8 Å². The maximum Gasteiger partial charge on any atom is 0.324 e. The third-order valence-corrected chi connectivity index (χ3v) is 5.25. The van der Waals surface area contributed by atoms with Crippen LogP contribution >= 0.6 is 15.9 Å². The number of rotatable bonds is 5. The molecule has 0 amide bonds. The van der Waals surface area contributed by atoms with E-state index in [1.54, 1.807) is 0 Å². The minimum absolute atomic E-state index is 0.616. The van der Waals surface area contributed by atoms with E-state index in [1.165, 1.54) is 5.56 Å². The van der Waals surface area contributed by atoms with Crippen molar-refractivity contribution in [2.24, 2.45) is 0 Å². The molecule has 2 heterocycles. The average molecular weight is 413 g/mol. The van der Waals surface area contributed by atoms with Crippen molar-refractivity contribution < 1.29 is 4.52 Å².